The zero-order valence-electron chi connectivity index (χ0n) is 16.0. The van der Waals surface area contributed by atoms with E-state index in [9.17, 15) is 24.0 Å². The highest BCUT2D eigenvalue weighted by Gasteiger charge is 2.50. The van der Waals surface area contributed by atoms with Crippen LogP contribution in [0.15, 0.2) is 24.3 Å². The van der Waals surface area contributed by atoms with Gasteiger partial charge in [-0.2, -0.15) is 0 Å². The Morgan fingerprint density at radius 1 is 1.07 bits per heavy atom. The number of benzene rings is 1. The number of esters is 1. The predicted octanol–water partition coefficient (Wildman–Crippen LogP) is 0.743. The lowest BCUT2D eigenvalue weighted by atomic mass is 10.1. The van der Waals surface area contributed by atoms with Gasteiger partial charge in [-0.3, -0.25) is 29.1 Å². The number of hydrogen-bond donors (Lipinski definition) is 0. The summed E-state index contributed by atoms with van der Waals surface area (Å²) < 4.78 is 5.09. The van der Waals surface area contributed by atoms with Crippen molar-refractivity contribution < 1.29 is 28.7 Å². The lowest BCUT2D eigenvalue weighted by Gasteiger charge is -2.42. The molecule has 9 nitrogen and oxygen atoms in total. The van der Waals surface area contributed by atoms with Crippen molar-refractivity contribution in [3.8, 4) is 0 Å². The third-order valence-electron chi connectivity index (χ3n) is 5.53. The Morgan fingerprint density at radius 2 is 1.72 bits per heavy atom. The highest BCUT2D eigenvalue weighted by molar-refractivity contribution is 6.23. The molecule has 29 heavy (non-hydrogen) atoms. The van der Waals surface area contributed by atoms with Gasteiger partial charge in [0.1, 0.15) is 6.04 Å². The monoisotopic (exact) mass is 399 g/mol. The third kappa shape index (κ3) is 2.97. The van der Waals surface area contributed by atoms with Crippen LogP contribution in [0.25, 0.3) is 0 Å². The van der Waals surface area contributed by atoms with Gasteiger partial charge in [0.05, 0.1) is 17.7 Å². The predicted molar refractivity (Wildman–Crippen MR) is 98.2 cm³/mol. The summed E-state index contributed by atoms with van der Waals surface area (Å²) in [4.78, 5) is 65.2. The smallest absolute Gasteiger partial charge is 0.330 e. The standard InChI is InChI=1S/C20H21N3O6/c1-2-29-20(28)15-8-5-11-21-16(24)10-9-14(19(27)23(15)21)22-17(25)12-6-3-4-7-13(12)18(22)26/h3-4,6-7,14-15H,2,5,8-11H2,1H3/t14-,15-/m0/s1. The van der Waals surface area contributed by atoms with Gasteiger partial charge in [0.15, 0.2) is 6.04 Å². The van der Waals surface area contributed by atoms with Crippen LogP contribution in [0.2, 0.25) is 0 Å². The molecule has 0 radical (unpaired) electrons. The van der Waals surface area contributed by atoms with Crippen LogP contribution in [-0.4, -0.2) is 69.8 Å². The fraction of sp³-hybridized carbons (Fsp3) is 0.450. The van der Waals surface area contributed by atoms with Crippen LogP contribution in [0.3, 0.4) is 0 Å². The van der Waals surface area contributed by atoms with Crippen LogP contribution in [0.5, 0.6) is 0 Å². The highest BCUT2D eigenvalue weighted by atomic mass is 16.5. The molecule has 3 aliphatic rings. The summed E-state index contributed by atoms with van der Waals surface area (Å²) in [6, 6.07) is 4.28. The molecule has 0 saturated carbocycles. The topological polar surface area (TPSA) is 104 Å². The number of hydrogen-bond acceptors (Lipinski definition) is 6. The molecule has 9 heteroatoms. The molecule has 2 saturated heterocycles. The number of nitrogens with zero attached hydrogens (tertiary/aromatic N) is 3. The Labute approximate surface area is 167 Å². The maximum Gasteiger partial charge on any atom is 0.330 e. The third-order valence-corrected chi connectivity index (χ3v) is 5.53. The average molecular weight is 399 g/mol. The molecule has 4 rings (SSSR count). The lowest BCUT2D eigenvalue weighted by Crippen LogP contribution is -2.62. The first-order valence-electron chi connectivity index (χ1n) is 9.72. The molecule has 0 unspecified atom stereocenters. The van der Waals surface area contributed by atoms with E-state index in [-0.39, 0.29) is 36.5 Å². The first kappa shape index (κ1) is 19.1. The Bertz CT molecular complexity index is 878. The molecule has 4 amide bonds. The summed E-state index contributed by atoms with van der Waals surface area (Å²) in [5.74, 6) is -2.64. The van der Waals surface area contributed by atoms with E-state index < -0.39 is 35.8 Å². The zero-order chi connectivity index (χ0) is 20.7. The minimum absolute atomic E-state index is 0.00411. The van der Waals surface area contributed by atoms with Crippen molar-refractivity contribution in [2.75, 3.05) is 13.2 Å². The number of fused-ring (bicyclic) bond motifs is 2. The molecule has 3 aliphatic heterocycles. The van der Waals surface area contributed by atoms with Gasteiger partial charge in [0.25, 0.3) is 17.7 Å². The maximum atomic E-state index is 13.5. The number of amides is 4. The molecule has 2 atom stereocenters. The number of carbonyl (C=O) groups excluding carboxylic acids is 5. The molecular weight excluding hydrogens is 378 g/mol. The van der Waals surface area contributed by atoms with Crippen LogP contribution in [0.4, 0.5) is 0 Å². The van der Waals surface area contributed by atoms with Crippen LogP contribution in [-0.2, 0) is 19.1 Å². The van der Waals surface area contributed by atoms with Crippen molar-refractivity contribution in [1.82, 2.24) is 14.9 Å². The van der Waals surface area contributed by atoms with Crippen LogP contribution >= 0.6 is 0 Å². The summed E-state index contributed by atoms with van der Waals surface area (Å²) in [5, 5.41) is 2.39. The molecule has 1 aromatic carbocycles. The van der Waals surface area contributed by atoms with Crippen LogP contribution in [0.1, 0.15) is 53.3 Å². The van der Waals surface area contributed by atoms with Crippen LogP contribution < -0.4 is 0 Å². The van der Waals surface area contributed by atoms with Gasteiger partial charge in [-0.1, -0.05) is 12.1 Å². The average Bonchev–Trinajstić information content (AvgIpc) is 2.90. The molecular formula is C20H21N3O6. The molecule has 3 heterocycles. The van der Waals surface area contributed by atoms with E-state index in [1.807, 2.05) is 0 Å². The second-order valence-corrected chi connectivity index (χ2v) is 7.19. The molecule has 2 fully saturated rings. The molecule has 0 aliphatic carbocycles. The molecule has 1 aromatic rings. The van der Waals surface area contributed by atoms with Gasteiger partial charge in [0, 0.05) is 13.0 Å². The molecule has 0 aromatic heterocycles. The van der Waals surface area contributed by atoms with Crippen molar-refractivity contribution in [2.24, 2.45) is 0 Å². The van der Waals surface area contributed by atoms with E-state index in [1.54, 1.807) is 19.1 Å². The van der Waals surface area contributed by atoms with Crippen molar-refractivity contribution >= 4 is 29.6 Å². The second-order valence-electron chi connectivity index (χ2n) is 7.19. The number of carbonyl (C=O) groups is 5. The SMILES string of the molecule is CCOC(=O)[C@@H]1CCCN2C(=O)CC[C@H](N3C(=O)c4ccccc4C3=O)C(=O)N12. The van der Waals surface area contributed by atoms with Crippen molar-refractivity contribution in [1.29, 1.82) is 0 Å². The minimum atomic E-state index is -1.15. The molecule has 152 valence electrons. The van der Waals surface area contributed by atoms with E-state index >= 15 is 0 Å². The van der Waals surface area contributed by atoms with E-state index in [4.69, 9.17) is 4.74 Å². The van der Waals surface area contributed by atoms with E-state index in [0.29, 0.717) is 19.4 Å². The highest BCUT2D eigenvalue weighted by Crippen LogP contribution is 2.31. The van der Waals surface area contributed by atoms with E-state index in [1.165, 1.54) is 17.1 Å². The Balaban J connectivity index is 1.70. The lowest BCUT2D eigenvalue weighted by molar-refractivity contribution is -0.183. The summed E-state index contributed by atoms with van der Waals surface area (Å²) >= 11 is 0. The Hall–Kier alpha value is -3.23. The quantitative estimate of drug-likeness (QED) is 0.549. The molecule has 0 N–H and O–H groups in total. The van der Waals surface area contributed by atoms with Gasteiger partial charge < -0.3 is 4.74 Å². The number of rotatable bonds is 3. The Kier molecular flexibility index (Phi) is 4.81. The van der Waals surface area contributed by atoms with Gasteiger partial charge in [-0.15, -0.1) is 0 Å². The maximum absolute atomic E-state index is 13.5. The first-order chi connectivity index (χ1) is 14.0. The number of imide groups is 1. The first-order valence-corrected chi connectivity index (χ1v) is 9.72. The van der Waals surface area contributed by atoms with Gasteiger partial charge in [0.2, 0.25) is 5.91 Å². The zero-order valence-corrected chi connectivity index (χ0v) is 16.0. The van der Waals surface area contributed by atoms with Crippen LogP contribution in [0, 0.1) is 0 Å². The van der Waals surface area contributed by atoms with Crippen molar-refractivity contribution in [2.45, 2.75) is 44.7 Å². The second kappa shape index (κ2) is 7.31. The largest absolute Gasteiger partial charge is 0.464 e. The fourth-order valence-corrected chi connectivity index (χ4v) is 4.20. The summed E-state index contributed by atoms with van der Waals surface area (Å²) in [6.07, 6.45) is 0.918. The van der Waals surface area contributed by atoms with Crippen molar-refractivity contribution in [3.05, 3.63) is 35.4 Å². The molecule has 0 spiro atoms. The van der Waals surface area contributed by atoms with Crippen molar-refractivity contribution in [3.63, 3.8) is 0 Å². The summed E-state index contributed by atoms with van der Waals surface area (Å²) in [5.41, 5.74) is 0.469. The van der Waals surface area contributed by atoms with E-state index in [2.05, 4.69) is 0 Å². The van der Waals surface area contributed by atoms with Gasteiger partial charge in [-0.25, -0.2) is 9.80 Å². The fourth-order valence-electron chi connectivity index (χ4n) is 4.20. The summed E-state index contributed by atoms with van der Waals surface area (Å²) in [7, 11) is 0. The Morgan fingerprint density at radius 3 is 2.34 bits per heavy atom. The number of ether oxygens (including phenoxy) is 1. The summed E-state index contributed by atoms with van der Waals surface area (Å²) in [6.45, 7) is 2.11. The van der Waals surface area contributed by atoms with Gasteiger partial charge >= 0.3 is 5.97 Å². The minimum Gasteiger partial charge on any atom is -0.464 e. The van der Waals surface area contributed by atoms with E-state index in [0.717, 1.165) is 9.91 Å². The molecule has 0 bridgehead atoms. The normalized spacial score (nSPS) is 24.4. The number of hydrazine groups is 1. The van der Waals surface area contributed by atoms with Gasteiger partial charge in [-0.05, 0) is 38.3 Å².